The number of rotatable bonds is 7. The zero-order valence-corrected chi connectivity index (χ0v) is 13.1. The van der Waals surface area contributed by atoms with Crippen molar-refractivity contribution < 1.29 is 9.90 Å². The minimum Gasteiger partial charge on any atom is -0.481 e. The van der Waals surface area contributed by atoms with Crippen LogP contribution in [0.25, 0.3) is 0 Å². The molecular formula is C16H31NO2. The van der Waals surface area contributed by atoms with Crippen LogP contribution in [0.15, 0.2) is 0 Å². The molecule has 112 valence electrons. The summed E-state index contributed by atoms with van der Waals surface area (Å²) in [5.41, 5.74) is 0. The second kappa shape index (κ2) is 7.88. The van der Waals surface area contributed by atoms with Gasteiger partial charge in [0, 0.05) is 19.0 Å². The van der Waals surface area contributed by atoms with E-state index in [4.69, 9.17) is 5.11 Å². The highest BCUT2D eigenvalue weighted by molar-refractivity contribution is 5.67. The van der Waals surface area contributed by atoms with Crippen LogP contribution in [0, 0.1) is 17.8 Å². The number of likely N-dealkylation sites (tertiary alicyclic amines) is 1. The zero-order chi connectivity index (χ0) is 14.4. The molecule has 0 amide bonds. The van der Waals surface area contributed by atoms with Crippen molar-refractivity contribution in [1.29, 1.82) is 0 Å². The van der Waals surface area contributed by atoms with Crippen molar-refractivity contribution in [1.82, 2.24) is 4.90 Å². The Morgan fingerprint density at radius 2 is 1.79 bits per heavy atom. The molecule has 1 saturated heterocycles. The van der Waals surface area contributed by atoms with E-state index in [1.165, 1.54) is 12.8 Å². The van der Waals surface area contributed by atoms with E-state index in [-0.39, 0.29) is 0 Å². The number of hydrogen-bond acceptors (Lipinski definition) is 2. The van der Waals surface area contributed by atoms with E-state index < -0.39 is 5.97 Å². The van der Waals surface area contributed by atoms with Crippen LogP contribution < -0.4 is 0 Å². The first-order chi connectivity index (χ1) is 8.88. The highest BCUT2D eigenvalue weighted by Gasteiger charge is 2.27. The van der Waals surface area contributed by atoms with Gasteiger partial charge in [-0.15, -0.1) is 0 Å². The lowest BCUT2D eigenvalue weighted by atomic mass is 9.89. The SMILES string of the molecule is CC(C)CC(CC(C)C)N1CCCC(CC(=O)O)C1. The summed E-state index contributed by atoms with van der Waals surface area (Å²) in [6, 6.07) is 0.636. The fourth-order valence-electron chi connectivity index (χ4n) is 3.33. The molecule has 1 N–H and O–H groups in total. The Morgan fingerprint density at radius 1 is 1.21 bits per heavy atom. The average Bonchev–Trinajstić information content (AvgIpc) is 2.26. The van der Waals surface area contributed by atoms with Crippen LogP contribution in [0.4, 0.5) is 0 Å². The highest BCUT2D eigenvalue weighted by atomic mass is 16.4. The van der Waals surface area contributed by atoms with Gasteiger partial charge in [-0.2, -0.15) is 0 Å². The van der Waals surface area contributed by atoms with E-state index in [0.717, 1.165) is 25.9 Å². The van der Waals surface area contributed by atoms with E-state index in [0.29, 0.717) is 30.2 Å². The third-order valence-electron chi connectivity index (χ3n) is 4.02. The first-order valence-electron chi connectivity index (χ1n) is 7.84. The summed E-state index contributed by atoms with van der Waals surface area (Å²) in [6.45, 7) is 11.3. The molecule has 0 radical (unpaired) electrons. The molecule has 3 nitrogen and oxygen atoms in total. The van der Waals surface area contributed by atoms with Crippen LogP contribution in [0.5, 0.6) is 0 Å². The number of carbonyl (C=O) groups is 1. The van der Waals surface area contributed by atoms with Crippen LogP contribution in [-0.4, -0.2) is 35.1 Å². The van der Waals surface area contributed by atoms with Gasteiger partial charge in [-0.1, -0.05) is 27.7 Å². The molecule has 1 unspecified atom stereocenters. The quantitative estimate of drug-likeness (QED) is 0.767. The summed E-state index contributed by atoms with van der Waals surface area (Å²) in [7, 11) is 0. The van der Waals surface area contributed by atoms with Crippen molar-refractivity contribution in [2.24, 2.45) is 17.8 Å². The Balaban J connectivity index is 2.58. The largest absolute Gasteiger partial charge is 0.481 e. The van der Waals surface area contributed by atoms with Crippen molar-refractivity contribution in [3.63, 3.8) is 0 Å². The highest BCUT2D eigenvalue weighted by Crippen LogP contribution is 2.26. The minimum atomic E-state index is -0.642. The fraction of sp³-hybridized carbons (Fsp3) is 0.938. The number of aliphatic carboxylic acids is 1. The number of nitrogens with zero attached hydrogens (tertiary/aromatic N) is 1. The van der Waals surface area contributed by atoms with Gasteiger partial charge < -0.3 is 10.0 Å². The van der Waals surface area contributed by atoms with Crippen LogP contribution >= 0.6 is 0 Å². The molecule has 1 atom stereocenters. The number of hydrogen-bond donors (Lipinski definition) is 1. The lowest BCUT2D eigenvalue weighted by molar-refractivity contribution is -0.138. The normalized spacial score (nSPS) is 21.5. The second-order valence-corrected chi connectivity index (χ2v) is 7.01. The van der Waals surface area contributed by atoms with Crippen LogP contribution in [-0.2, 0) is 4.79 Å². The average molecular weight is 269 g/mol. The number of carboxylic acid groups (broad SMARTS) is 1. The van der Waals surface area contributed by atoms with Gasteiger partial charge >= 0.3 is 5.97 Å². The van der Waals surface area contributed by atoms with Gasteiger partial charge in [0.15, 0.2) is 0 Å². The molecule has 19 heavy (non-hydrogen) atoms. The van der Waals surface area contributed by atoms with E-state index in [9.17, 15) is 4.79 Å². The predicted octanol–water partition coefficient (Wildman–Crippen LogP) is 3.63. The molecule has 0 aromatic carbocycles. The Hall–Kier alpha value is -0.570. The summed E-state index contributed by atoms with van der Waals surface area (Å²) in [6.07, 6.45) is 5.05. The van der Waals surface area contributed by atoms with Gasteiger partial charge in [-0.05, 0) is 50.0 Å². The van der Waals surface area contributed by atoms with Gasteiger partial charge in [-0.3, -0.25) is 4.79 Å². The van der Waals surface area contributed by atoms with E-state index in [2.05, 4.69) is 32.6 Å². The fourth-order valence-corrected chi connectivity index (χ4v) is 3.33. The van der Waals surface area contributed by atoms with Gasteiger partial charge in [0.2, 0.25) is 0 Å². The molecule has 1 aliphatic rings. The van der Waals surface area contributed by atoms with Crippen molar-refractivity contribution in [2.75, 3.05) is 13.1 Å². The first-order valence-corrected chi connectivity index (χ1v) is 7.84. The number of piperidine rings is 1. The topological polar surface area (TPSA) is 40.5 Å². The summed E-state index contributed by atoms with van der Waals surface area (Å²) in [5, 5.41) is 8.96. The maximum atomic E-state index is 10.9. The Labute approximate surface area is 118 Å². The minimum absolute atomic E-state index is 0.340. The number of carboxylic acids is 1. The first kappa shape index (κ1) is 16.5. The molecule has 0 saturated carbocycles. The van der Waals surface area contributed by atoms with Crippen molar-refractivity contribution in [2.45, 2.75) is 65.8 Å². The summed E-state index contributed by atoms with van der Waals surface area (Å²) >= 11 is 0. The van der Waals surface area contributed by atoms with Crippen molar-refractivity contribution in [3.05, 3.63) is 0 Å². The molecule has 1 rings (SSSR count). The van der Waals surface area contributed by atoms with Crippen molar-refractivity contribution >= 4 is 5.97 Å². The van der Waals surface area contributed by atoms with Gasteiger partial charge in [0.05, 0.1) is 0 Å². The van der Waals surface area contributed by atoms with Crippen LogP contribution in [0.3, 0.4) is 0 Å². The Kier molecular flexibility index (Phi) is 6.84. The molecular weight excluding hydrogens is 238 g/mol. The molecule has 0 spiro atoms. The maximum absolute atomic E-state index is 10.9. The summed E-state index contributed by atoms with van der Waals surface area (Å²) in [4.78, 5) is 13.4. The molecule has 1 fully saturated rings. The maximum Gasteiger partial charge on any atom is 0.303 e. The Morgan fingerprint density at radius 3 is 2.26 bits per heavy atom. The summed E-state index contributed by atoms with van der Waals surface area (Å²) < 4.78 is 0. The van der Waals surface area contributed by atoms with Crippen LogP contribution in [0.1, 0.15) is 59.8 Å². The lowest BCUT2D eigenvalue weighted by Gasteiger charge is -2.39. The zero-order valence-electron chi connectivity index (χ0n) is 13.1. The molecule has 1 heterocycles. The predicted molar refractivity (Wildman–Crippen MR) is 79.2 cm³/mol. The smallest absolute Gasteiger partial charge is 0.303 e. The monoisotopic (exact) mass is 269 g/mol. The second-order valence-electron chi connectivity index (χ2n) is 7.01. The summed E-state index contributed by atoms with van der Waals surface area (Å²) in [5.74, 6) is 1.14. The van der Waals surface area contributed by atoms with Crippen LogP contribution in [0.2, 0.25) is 0 Å². The standard InChI is InChI=1S/C16H31NO2/c1-12(2)8-15(9-13(3)4)17-7-5-6-14(11-17)10-16(18)19/h12-15H,5-11H2,1-4H3,(H,18,19). The van der Waals surface area contributed by atoms with Gasteiger partial charge in [0.1, 0.15) is 0 Å². The van der Waals surface area contributed by atoms with Gasteiger partial charge in [-0.25, -0.2) is 0 Å². The van der Waals surface area contributed by atoms with Gasteiger partial charge in [0.25, 0.3) is 0 Å². The van der Waals surface area contributed by atoms with E-state index >= 15 is 0 Å². The lowest BCUT2D eigenvalue weighted by Crippen LogP contribution is -2.44. The van der Waals surface area contributed by atoms with Crippen molar-refractivity contribution in [3.8, 4) is 0 Å². The molecule has 0 aromatic heterocycles. The molecule has 3 heteroatoms. The third kappa shape index (κ3) is 6.42. The molecule has 0 aromatic rings. The Bertz CT molecular complexity index is 266. The molecule has 1 aliphatic heterocycles. The van der Waals surface area contributed by atoms with E-state index in [1.54, 1.807) is 0 Å². The van der Waals surface area contributed by atoms with E-state index in [1.807, 2.05) is 0 Å². The molecule has 0 bridgehead atoms. The third-order valence-corrected chi connectivity index (χ3v) is 4.02. The molecule has 0 aliphatic carbocycles.